The fourth-order valence-electron chi connectivity index (χ4n) is 0. The summed E-state index contributed by atoms with van der Waals surface area (Å²) in [6, 6.07) is 0. The van der Waals surface area contributed by atoms with Crippen LogP contribution in [0.25, 0.3) is 0 Å². The maximum Gasteiger partial charge on any atom is 0.549 e. The van der Waals surface area contributed by atoms with E-state index >= 15 is 0 Å². The number of halogens is 2. The van der Waals surface area contributed by atoms with Gasteiger partial charge < -0.3 is 0 Å². The molecule has 0 aliphatic heterocycles. The van der Waals surface area contributed by atoms with Crippen LogP contribution in [0.2, 0.25) is 0 Å². The summed E-state index contributed by atoms with van der Waals surface area (Å²) in [6.45, 7) is 0. The monoisotopic (exact) mass is 128 g/mol. The van der Waals surface area contributed by atoms with Gasteiger partial charge >= 0.3 is 31.0 Å². The molecular formula is H3F2MgO2P. The predicted molar refractivity (Wildman–Crippen MR) is 20.6 cm³/mol. The fraction of sp³-hybridized carbons (Fsp3) is 0. The average Bonchev–Trinajstić information content (AvgIpc) is 0.722. The number of hydrogen-bond donors (Lipinski definition) is 1. The van der Waals surface area contributed by atoms with Gasteiger partial charge in [-0.15, -0.1) is 8.39 Å². The lowest BCUT2D eigenvalue weighted by Crippen LogP contribution is -1.45. The lowest BCUT2D eigenvalue weighted by Gasteiger charge is -1.73. The summed E-state index contributed by atoms with van der Waals surface area (Å²) in [5.41, 5.74) is 0. The minimum atomic E-state index is -5.64. The molecule has 0 aromatic rings. The van der Waals surface area contributed by atoms with Crippen molar-refractivity contribution in [3.8, 4) is 0 Å². The van der Waals surface area contributed by atoms with Gasteiger partial charge in [-0.1, -0.05) is 0 Å². The second-order valence-corrected chi connectivity index (χ2v) is 1.30. The molecule has 0 saturated carbocycles. The van der Waals surface area contributed by atoms with Gasteiger partial charge in [0.1, 0.15) is 0 Å². The highest BCUT2D eigenvalue weighted by Gasteiger charge is 2.09. The van der Waals surface area contributed by atoms with Gasteiger partial charge in [0.15, 0.2) is 0 Å². The molecule has 0 rings (SSSR count). The van der Waals surface area contributed by atoms with Crippen molar-refractivity contribution < 1.29 is 17.9 Å². The second kappa shape index (κ2) is 2.90. The van der Waals surface area contributed by atoms with Crippen molar-refractivity contribution in [3.63, 3.8) is 0 Å². The van der Waals surface area contributed by atoms with Crippen LogP contribution in [-0.2, 0) is 4.57 Å². The van der Waals surface area contributed by atoms with Crippen LogP contribution in [0.1, 0.15) is 0 Å². The summed E-state index contributed by atoms with van der Waals surface area (Å²) in [5.74, 6) is 0. The summed E-state index contributed by atoms with van der Waals surface area (Å²) in [7, 11) is -5.64. The average molecular weight is 128 g/mol. The van der Waals surface area contributed by atoms with E-state index in [-0.39, 0.29) is 23.1 Å². The van der Waals surface area contributed by atoms with Gasteiger partial charge in [0, 0.05) is 0 Å². The minimum Gasteiger partial charge on any atom is -0.296 e. The summed E-state index contributed by atoms with van der Waals surface area (Å²) in [6.07, 6.45) is 0. The molecule has 0 aromatic heterocycles. The summed E-state index contributed by atoms with van der Waals surface area (Å²) in [4.78, 5) is 6.74. The van der Waals surface area contributed by atoms with Crippen LogP contribution in [0.3, 0.4) is 0 Å². The van der Waals surface area contributed by atoms with Crippen molar-refractivity contribution in [2.24, 2.45) is 0 Å². The second-order valence-electron chi connectivity index (χ2n) is 0.435. The third kappa shape index (κ3) is 105. The topological polar surface area (TPSA) is 37.3 Å². The Hall–Kier alpha value is 0.816. The maximum atomic E-state index is 10.1. The zero-order valence-corrected chi connectivity index (χ0v) is 2.95. The van der Waals surface area contributed by atoms with Crippen molar-refractivity contribution in [3.05, 3.63) is 0 Å². The predicted octanol–water partition coefficient (Wildman–Crippen LogP) is 0.110. The van der Waals surface area contributed by atoms with E-state index in [1.54, 1.807) is 0 Å². The zero-order valence-electron chi connectivity index (χ0n) is 2.06. The first-order valence-electron chi connectivity index (χ1n) is 0.721. The molecule has 6 heavy (non-hydrogen) atoms. The van der Waals surface area contributed by atoms with Crippen LogP contribution < -0.4 is 0 Å². The highest BCUT2D eigenvalue weighted by molar-refractivity contribution is 7.46. The van der Waals surface area contributed by atoms with E-state index in [0.29, 0.717) is 0 Å². The molecule has 2 nitrogen and oxygen atoms in total. The number of hydrogen-bond acceptors (Lipinski definition) is 1. The van der Waals surface area contributed by atoms with Gasteiger partial charge in [-0.3, -0.25) is 4.89 Å². The van der Waals surface area contributed by atoms with Gasteiger partial charge in [-0.05, 0) is 0 Å². The molecule has 0 unspecified atom stereocenters. The molecule has 0 radical (unpaired) electrons. The van der Waals surface area contributed by atoms with E-state index in [0.717, 1.165) is 0 Å². The molecule has 0 heterocycles. The lowest BCUT2D eigenvalue weighted by molar-refractivity contribution is 0.376. The first-order chi connectivity index (χ1) is 2.00. The molecule has 0 aliphatic rings. The molecule has 0 amide bonds. The van der Waals surface area contributed by atoms with E-state index in [1.165, 1.54) is 0 Å². The first-order valence-corrected chi connectivity index (χ1v) is 2.16. The van der Waals surface area contributed by atoms with Crippen LogP contribution in [0.5, 0.6) is 0 Å². The van der Waals surface area contributed by atoms with E-state index in [2.05, 4.69) is 0 Å². The molecular weight excluding hydrogens is 125 g/mol. The molecule has 0 aliphatic carbocycles. The summed E-state index contributed by atoms with van der Waals surface area (Å²) >= 11 is 0. The number of rotatable bonds is 0. The van der Waals surface area contributed by atoms with E-state index < -0.39 is 7.99 Å². The van der Waals surface area contributed by atoms with Crippen molar-refractivity contribution >= 4 is 31.0 Å². The normalized spacial score (nSPS) is 9.83. The molecule has 6 heteroatoms. The molecule has 0 bridgehead atoms. The van der Waals surface area contributed by atoms with Gasteiger partial charge in [0.25, 0.3) is 0 Å². The van der Waals surface area contributed by atoms with Gasteiger partial charge in [0.05, 0.1) is 0 Å². The van der Waals surface area contributed by atoms with Crippen LogP contribution in [0.4, 0.5) is 8.39 Å². The quantitative estimate of drug-likeness (QED) is 0.371. The molecule has 36 valence electrons. The Morgan fingerprint density at radius 2 is 1.50 bits per heavy atom. The Labute approximate surface area is 49.4 Å². The minimum absolute atomic E-state index is 0. The molecule has 0 aromatic carbocycles. The van der Waals surface area contributed by atoms with Crippen molar-refractivity contribution in [2.75, 3.05) is 0 Å². The fourth-order valence-corrected chi connectivity index (χ4v) is 0. The van der Waals surface area contributed by atoms with E-state index in [4.69, 9.17) is 9.46 Å². The largest absolute Gasteiger partial charge is 0.549 e. The summed E-state index contributed by atoms with van der Waals surface area (Å²) in [5, 5.41) is 0. The standard InChI is InChI=1S/F2HO2P.Mg.2H/c1-5(2,3)4;;;/h(H,3,4);;;. The van der Waals surface area contributed by atoms with Crippen molar-refractivity contribution in [1.82, 2.24) is 0 Å². The lowest BCUT2D eigenvalue weighted by atomic mass is 15.9. The third-order valence-corrected chi connectivity index (χ3v) is 0. The van der Waals surface area contributed by atoms with Crippen LogP contribution in [0.15, 0.2) is 0 Å². The molecule has 0 fully saturated rings. The first kappa shape index (κ1) is 9.94. The Morgan fingerprint density at radius 1 is 1.50 bits per heavy atom. The molecule has 0 spiro atoms. The highest BCUT2D eigenvalue weighted by Crippen LogP contribution is 2.43. The molecule has 1 N–H and O–H groups in total. The van der Waals surface area contributed by atoms with Crippen molar-refractivity contribution in [1.29, 1.82) is 0 Å². The molecule has 0 saturated heterocycles. The van der Waals surface area contributed by atoms with Crippen LogP contribution in [0, 0.1) is 0 Å². The SMILES string of the molecule is O=P(O)(F)F.[MgH2]. The van der Waals surface area contributed by atoms with Gasteiger partial charge in [0.2, 0.25) is 0 Å². The maximum absolute atomic E-state index is 10.1. The smallest absolute Gasteiger partial charge is 0.296 e. The Kier molecular flexibility index (Phi) is 4.81. The summed E-state index contributed by atoms with van der Waals surface area (Å²) < 4.78 is 28.7. The van der Waals surface area contributed by atoms with E-state index in [1.807, 2.05) is 0 Å². The third-order valence-electron chi connectivity index (χ3n) is 0. The Bertz CT molecular complexity index is 57.7. The van der Waals surface area contributed by atoms with Crippen LogP contribution >= 0.6 is 7.99 Å². The van der Waals surface area contributed by atoms with Crippen LogP contribution in [-0.4, -0.2) is 27.9 Å². The van der Waals surface area contributed by atoms with Gasteiger partial charge in [-0.25, -0.2) is 4.57 Å². The van der Waals surface area contributed by atoms with Gasteiger partial charge in [-0.2, -0.15) is 0 Å². The van der Waals surface area contributed by atoms with Crippen molar-refractivity contribution in [2.45, 2.75) is 0 Å². The van der Waals surface area contributed by atoms with E-state index in [9.17, 15) is 8.39 Å². The zero-order chi connectivity index (χ0) is 4.50. The highest BCUT2D eigenvalue weighted by atomic mass is 31.2. The Morgan fingerprint density at radius 3 is 1.50 bits per heavy atom. The Balaban J connectivity index is 0. The molecule has 0 atom stereocenters.